The number of aliphatic hydroxyl groups excluding tert-OH is 1. The average molecular weight is 155 g/mol. The van der Waals surface area contributed by atoms with Gasteiger partial charge in [-0.05, 0) is 0 Å². The van der Waals surface area contributed by atoms with E-state index in [2.05, 4.69) is 4.90 Å². The minimum atomic E-state index is -0.0935. The summed E-state index contributed by atoms with van der Waals surface area (Å²) in [6, 6.07) is 0.373. The van der Waals surface area contributed by atoms with Crippen LogP contribution in [0.2, 0.25) is 0 Å². The number of aliphatic hydroxyl groups is 1. The van der Waals surface area contributed by atoms with E-state index in [0.717, 1.165) is 25.7 Å². The molecular formula is C7H14BNO2. The summed E-state index contributed by atoms with van der Waals surface area (Å²) >= 11 is 0. The molecule has 1 rings (SSSR count). The second kappa shape index (κ2) is 4.49. The molecule has 0 aliphatic heterocycles. The third-order valence-electron chi connectivity index (χ3n) is 2.04. The first-order valence-corrected chi connectivity index (χ1v) is 4.05. The van der Waals surface area contributed by atoms with E-state index in [1.165, 1.54) is 7.27 Å². The summed E-state index contributed by atoms with van der Waals surface area (Å²) in [5.41, 5.74) is 0. The molecule has 11 heavy (non-hydrogen) atoms. The standard InChI is InChI=1S/C7H14BNO2/c1-11-8-9-6-2-4-7(10)5-3-6/h6-7,10H,2-5H2,1H3/t6-,7-. The van der Waals surface area contributed by atoms with Crippen molar-refractivity contribution in [3.63, 3.8) is 0 Å². The molecule has 1 aliphatic rings. The summed E-state index contributed by atoms with van der Waals surface area (Å²) < 4.78 is 4.72. The van der Waals surface area contributed by atoms with Crippen molar-refractivity contribution < 1.29 is 9.76 Å². The number of nitrogens with zero attached hydrogens (tertiary/aromatic N) is 1. The van der Waals surface area contributed by atoms with Gasteiger partial charge < -0.3 is 0 Å². The Hall–Kier alpha value is -0.375. The van der Waals surface area contributed by atoms with E-state index in [0.29, 0.717) is 6.04 Å². The van der Waals surface area contributed by atoms with Gasteiger partial charge >= 0.3 is 66.9 Å². The van der Waals surface area contributed by atoms with Crippen molar-refractivity contribution >= 4 is 7.27 Å². The van der Waals surface area contributed by atoms with E-state index in [1.54, 1.807) is 7.11 Å². The van der Waals surface area contributed by atoms with Crippen LogP contribution in [0, 0.1) is 0 Å². The van der Waals surface area contributed by atoms with Crippen LogP contribution in [0.25, 0.3) is 0 Å². The summed E-state index contributed by atoms with van der Waals surface area (Å²) in [4.78, 5) is 4.18. The first-order valence-electron chi connectivity index (χ1n) is 4.05. The Morgan fingerprint density at radius 2 is 2.00 bits per heavy atom. The number of hydrogen-bond acceptors (Lipinski definition) is 3. The second-order valence-electron chi connectivity index (χ2n) is 2.95. The fourth-order valence-corrected chi connectivity index (χ4v) is 1.35. The topological polar surface area (TPSA) is 41.8 Å². The molecule has 4 heteroatoms. The molecule has 1 aliphatic carbocycles. The predicted molar refractivity (Wildman–Crippen MR) is 43.5 cm³/mol. The minimum absolute atomic E-state index is 0.0935. The van der Waals surface area contributed by atoms with E-state index in [-0.39, 0.29) is 6.10 Å². The van der Waals surface area contributed by atoms with Gasteiger partial charge in [0.05, 0.1) is 0 Å². The number of hydrogen-bond donors (Lipinski definition) is 1. The molecule has 0 saturated heterocycles. The third kappa shape index (κ3) is 3.01. The summed E-state index contributed by atoms with van der Waals surface area (Å²) in [7, 11) is 3.09. The molecule has 0 amide bonds. The van der Waals surface area contributed by atoms with Gasteiger partial charge in [0.1, 0.15) is 0 Å². The quantitative estimate of drug-likeness (QED) is 0.597. The zero-order chi connectivity index (χ0) is 8.10. The molecule has 0 aromatic rings. The van der Waals surface area contributed by atoms with Crippen LogP contribution in [0.15, 0.2) is 4.90 Å². The van der Waals surface area contributed by atoms with Gasteiger partial charge in [-0.2, -0.15) is 0 Å². The SMILES string of the molecule is CO/B=N/[C@H]1CC[C@H](O)CC1. The average Bonchev–Trinajstić information content (AvgIpc) is 2.04. The molecule has 3 nitrogen and oxygen atoms in total. The first-order chi connectivity index (χ1) is 5.33. The second-order valence-corrected chi connectivity index (χ2v) is 2.95. The summed E-state index contributed by atoms with van der Waals surface area (Å²) in [5, 5.41) is 9.17. The Morgan fingerprint density at radius 3 is 2.55 bits per heavy atom. The molecule has 1 N–H and O–H groups in total. The van der Waals surface area contributed by atoms with Crippen molar-refractivity contribution in [1.82, 2.24) is 0 Å². The number of rotatable bonds is 2. The summed E-state index contributed by atoms with van der Waals surface area (Å²) in [6.07, 6.45) is 3.64. The summed E-state index contributed by atoms with van der Waals surface area (Å²) in [6.45, 7) is 0. The Balaban J connectivity index is 2.22. The fourth-order valence-electron chi connectivity index (χ4n) is 1.35. The monoisotopic (exact) mass is 155 g/mol. The van der Waals surface area contributed by atoms with Crippen molar-refractivity contribution in [2.75, 3.05) is 7.11 Å². The van der Waals surface area contributed by atoms with Crippen LogP contribution >= 0.6 is 0 Å². The molecule has 0 unspecified atom stereocenters. The van der Waals surface area contributed by atoms with Crippen molar-refractivity contribution in [2.45, 2.75) is 37.8 Å². The van der Waals surface area contributed by atoms with Crippen LogP contribution in [0.4, 0.5) is 0 Å². The maximum absolute atomic E-state index is 9.17. The third-order valence-corrected chi connectivity index (χ3v) is 2.04. The zero-order valence-electron chi connectivity index (χ0n) is 6.86. The predicted octanol–water partition coefficient (Wildman–Crippen LogP) is 0.739. The van der Waals surface area contributed by atoms with Gasteiger partial charge in [0.2, 0.25) is 0 Å². The van der Waals surface area contributed by atoms with Gasteiger partial charge in [-0.15, -0.1) is 0 Å². The van der Waals surface area contributed by atoms with Gasteiger partial charge in [0.25, 0.3) is 0 Å². The Labute approximate surface area is 67.8 Å². The van der Waals surface area contributed by atoms with E-state index in [1.807, 2.05) is 0 Å². The van der Waals surface area contributed by atoms with Crippen LogP contribution in [-0.2, 0) is 4.65 Å². The van der Waals surface area contributed by atoms with Crippen molar-refractivity contribution in [3.05, 3.63) is 0 Å². The zero-order valence-corrected chi connectivity index (χ0v) is 6.86. The van der Waals surface area contributed by atoms with Crippen LogP contribution in [0.3, 0.4) is 0 Å². The van der Waals surface area contributed by atoms with E-state index < -0.39 is 0 Å². The van der Waals surface area contributed by atoms with E-state index in [4.69, 9.17) is 9.76 Å². The normalized spacial score (nSPS) is 31.8. The van der Waals surface area contributed by atoms with Gasteiger partial charge in [-0.3, -0.25) is 0 Å². The molecule has 0 bridgehead atoms. The Morgan fingerprint density at radius 1 is 1.36 bits per heavy atom. The molecule has 1 fully saturated rings. The Bertz CT molecular complexity index is 132. The molecule has 0 aromatic carbocycles. The van der Waals surface area contributed by atoms with Gasteiger partial charge in [0, 0.05) is 0 Å². The van der Waals surface area contributed by atoms with Gasteiger partial charge in [0.15, 0.2) is 0 Å². The van der Waals surface area contributed by atoms with E-state index in [9.17, 15) is 0 Å². The molecule has 0 aromatic heterocycles. The molecule has 0 radical (unpaired) electrons. The summed E-state index contributed by atoms with van der Waals surface area (Å²) in [5.74, 6) is 0. The molecular weight excluding hydrogens is 141 g/mol. The van der Waals surface area contributed by atoms with E-state index >= 15 is 0 Å². The van der Waals surface area contributed by atoms with Gasteiger partial charge in [-0.25, -0.2) is 0 Å². The molecule has 62 valence electrons. The molecule has 0 heterocycles. The van der Waals surface area contributed by atoms with Crippen LogP contribution < -0.4 is 0 Å². The molecule has 0 spiro atoms. The van der Waals surface area contributed by atoms with Crippen LogP contribution in [-0.4, -0.2) is 31.6 Å². The first kappa shape index (κ1) is 8.72. The fraction of sp³-hybridized carbons (Fsp3) is 1.00. The van der Waals surface area contributed by atoms with Crippen molar-refractivity contribution in [2.24, 2.45) is 4.90 Å². The van der Waals surface area contributed by atoms with Crippen LogP contribution in [0.1, 0.15) is 25.7 Å². The van der Waals surface area contributed by atoms with Gasteiger partial charge in [-0.1, -0.05) is 0 Å². The molecule has 0 atom stereocenters. The Kier molecular flexibility index (Phi) is 3.56. The van der Waals surface area contributed by atoms with Crippen LogP contribution in [0.5, 0.6) is 0 Å². The molecule has 1 saturated carbocycles. The van der Waals surface area contributed by atoms with Crippen molar-refractivity contribution in [1.29, 1.82) is 0 Å². The maximum atomic E-state index is 9.17. The van der Waals surface area contributed by atoms with Crippen molar-refractivity contribution in [3.8, 4) is 0 Å².